The summed E-state index contributed by atoms with van der Waals surface area (Å²) in [5, 5.41) is 0.855. The van der Waals surface area contributed by atoms with Gasteiger partial charge in [0, 0.05) is 50.2 Å². The van der Waals surface area contributed by atoms with E-state index in [2.05, 4.69) is 19.8 Å². The van der Waals surface area contributed by atoms with Crippen LogP contribution in [0.1, 0.15) is 56.9 Å². The van der Waals surface area contributed by atoms with Crippen LogP contribution in [0.2, 0.25) is 0 Å². The quantitative estimate of drug-likeness (QED) is 0.484. The molecule has 3 heterocycles. The van der Waals surface area contributed by atoms with Gasteiger partial charge in [0.15, 0.2) is 5.16 Å². The number of nitrogens with zero attached hydrogens (tertiary/aromatic N) is 4. The molecule has 0 aromatic carbocycles. The minimum atomic E-state index is 0.407. The highest BCUT2D eigenvalue weighted by atomic mass is 32.2. The molecule has 0 bridgehead atoms. The lowest BCUT2D eigenvalue weighted by Crippen LogP contribution is -2.43. The van der Waals surface area contributed by atoms with Crippen molar-refractivity contribution in [3.8, 4) is 0 Å². The van der Waals surface area contributed by atoms with Crippen molar-refractivity contribution in [1.82, 2.24) is 19.8 Å². The lowest BCUT2D eigenvalue weighted by Gasteiger charge is -2.38. The number of thioether (sulfide) groups is 1. The Bertz CT molecular complexity index is 579. The summed E-state index contributed by atoms with van der Waals surface area (Å²) in [6.07, 6.45) is 17.3. The predicted octanol–water partition coefficient (Wildman–Crippen LogP) is 3.83. The Hall–Kier alpha value is -0.690. The van der Waals surface area contributed by atoms with E-state index in [9.17, 15) is 0 Å². The van der Waals surface area contributed by atoms with E-state index >= 15 is 0 Å². The van der Waals surface area contributed by atoms with Crippen LogP contribution in [0.5, 0.6) is 0 Å². The zero-order valence-electron chi connectivity index (χ0n) is 17.4. The van der Waals surface area contributed by atoms with E-state index in [1.807, 2.05) is 18.6 Å². The Morgan fingerprint density at radius 2 is 1.79 bits per heavy atom. The van der Waals surface area contributed by atoms with Gasteiger partial charge in [-0.1, -0.05) is 24.6 Å². The van der Waals surface area contributed by atoms with Crippen molar-refractivity contribution in [2.45, 2.75) is 75.2 Å². The fourth-order valence-electron chi connectivity index (χ4n) is 5.20. The second kappa shape index (κ2) is 10.4. The molecule has 2 aliphatic heterocycles. The smallest absolute Gasteiger partial charge is 0.187 e. The maximum atomic E-state index is 5.95. The second-order valence-corrected chi connectivity index (χ2v) is 9.60. The van der Waals surface area contributed by atoms with Gasteiger partial charge in [-0.2, -0.15) is 0 Å². The van der Waals surface area contributed by atoms with Crippen molar-refractivity contribution in [3.05, 3.63) is 18.0 Å². The van der Waals surface area contributed by atoms with E-state index in [-0.39, 0.29) is 0 Å². The van der Waals surface area contributed by atoms with Crippen LogP contribution in [-0.2, 0) is 11.3 Å². The van der Waals surface area contributed by atoms with E-state index in [1.165, 1.54) is 76.6 Å². The van der Waals surface area contributed by atoms with Gasteiger partial charge in [0.25, 0.3) is 0 Å². The van der Waals surface area contributed by atoms with Gasteiger partial charge in [0.2, 0.25) is 0 Å². The molecule has 0 amide bonds. The number of piperidine rings is 1. The molecule has 3 fully saturated rings. The molecule has 6 heteroatoms. The van der Waals surface area contributed by atoms with Crippen molar-refractivity contribution < 1.29 is 4.74 Å². The molecule has 28 heavy (non-hydrogen) atoms. The van der Waals surface area contributed by atoms with Gasteiger partial charge in [-0.3, -0.25) is 4.90 Å². The van der Waals surface area contributed by atoms with Crippen LogP contribution in [0, 0.1) is 5.92 Å². The van der Waals surface area contributed by atoms with E-state index in [0.29, 0.717) is 6.10 Å². The molecule has 1 atom stereocenters. The van der Waals surface area contributed by atoms with Gasteiger partial charge in [-0.15, -0.1) is 0 Å². The Kier molecular flexibility index (Phi) is 7.62. The Labute approximate surface area is 174 Å². The van der Waals surface area contributed by atoms with Gasteiger partial charge < -0.3 is 9.64 Å². The zero-order valence-corrected chi connectivity index (χ0v) is 18.2. The first-order chi connectivity index (χ1) is 13.8. The fraction of sp³-hybridized carbons (Fsp3) is 0.818. The number of rotatable bonds is 8. The Balaban J connectivity index is 1.32. The molecule has 1 unspecified atom stereocenters. The molecule has 1 aromatic rings. The van der Waals surface area contributed by atoms with Crippen LogP contribution < -0.4 is 0 Å². The van der Waals surface area contributed by atoms with Crippen molar-refractivity contribution in [1.29, 1.82) is 0 Å². The maximum absolute atomic E-state index is 5.95. The number of hydrogen-bond donors (Lipinski definition) is 0. The fourth-order valence-corrected chi connectivity index (χ4v) is 5.52. The Morgan fingerprint density at radius 1 is 1.04 bits per heavy atom. The number of aromatic nitrogens is 2. The number of likely N-dealkylation sites (tertiary alicyclic amines) is 1. The molecule has 0 spiro atoms. The standard InChI is InChI=1S/C22H36N4OS/c1-28-22-23-13-19(14-24-22)16-25(17-21-7-4-12-27-21)15-18-8-10-26(11-9-18)20-5-2-3-6-20/h13-14,18,20-21H,2-12,15-17H2,1H3. The maximum Gasteiger partial charge on any atom is 0.187 e. The minimum Gasteiger partial charge on any atom is -0.377 e. The van der Waals surface area contributed by atoms with Crippen LogP contribution in [0.4, 0.5) is 0 Å². The molecular weight excluding hydrogens is 368 g/mol. The summed E-state index contributed by atoms with van der Waals surface area (Å²) in [4.78, 5) is 14.3. The zero-order chi connectivity index (χ0) is 19.2. The predicted molar refractivity (Wildman–Crippen MR) is 115 cm³/mol. The van der Waals surface area contributed by atoms with Crippen LogP contribution >= 0.6 is 11.8 Å². The van der Waals surface area contributed by atoms with Gasteiger partial charge >= 0.3 is 0 Å². The summed E-state index contributed by atoms with van der Waals surface area (Å²) in [5.74, 6) is 0.811. The third kappa shape index (κ3) is 5.68. The first kappa shape index (κ1) is 20.6. The SMILES string of the molecule is CSc1ncc(CN(CC2CCN(C3CCCC3)CC2)CC2CCCO2)cn1. The summed E-state index contributed by atoms with van der Waals surface area (Å²) in [6.45, 7) is 6.71. The average Bonchev–Trinajstić information content (AvgIpc) is 3.43. The Morgan fingerprint density at radius 3 is 2.43 bits per heavy atom. The van der Waals surface area contributed by atoms with Gasteiger partial charge in [0.05, 0.1) is 6.10 Å². The number of ether oxygens (including phenoxy) is 1. The van der Waals surface area contributed by atoms with Gasteiger partial charge in [-0.25, -0.2) is 9.97 Å². The molecule has 0 N–H and O–H groups in total. The van der Waals surface area contributed by atoms with Crippen molar-refractivity contribution in [2.75, 3.05) is 39.0 Å². The highest BCUT2D eigenvalue weighted by Crippen LogP contribution is 2.28. The van der Waals surface area contributed by atoms with Crippen LogP contribution in [0.25, 0.3) is 0 Å². The average molecular weight is 405 g/mol. The number of hydrogen-bond acceptors (Lipinski definition) is 6. The summed E-state index contributed by atoms with van der Waals surface area (Å²) >= 11 is 1.60. The van der Waals surface area contributed by atoms with Gasteiger partial charge in [0.1, 0.15) is 0 Å². The molecule has 1 saturated carbocycles. The molecule has 4 rings (SSSR count). The molecule has 1 aromatic heterocycles. The molecule has 156 valence electrons. The molecule has 1 aliphatic carbocycles. The largest absolute Gasteiger partial charge is 0.377 e. The second-order valence-electron chi connectivity index (χ2n) is 8.82. The highest BCUT2D eigenvalue weighted by Gasteiger charge is 2.29. The highest BCUT2D eigenvalue weighted by molar-refractivity contribution is 7.98. The summed E-state index contributed by atoms with van der Waals surface area (Å²) in [7, 11) is 0. The van der Waals surface area contributed by atoms with Crippen LogP contribution in [0.15, 0.2) is 17.6 Å². The minimum absolute atomic E-state index is 0.407. The molecular formula is C22H36N4OS. The van der Waals surface area contributed by atoms with Crippen molar-refractivity contribution >= 4 is 11.8 Å². The van der Waals surface area contributed by atoms with E-state index in [0.717, 1.165) is 36.8 Å². The van der Waals surface area contributed by atoms with Gasteiger partial charge in [-0.05, 0) is 63.8 Å². The topological polar surface area (TPSA) is 41.5 Å². The summed E-state index contributed by atoms with van der Waals surface area (Å²) < 4.78 is 5.95. The molecule has 2 saturated heterocycles. The normalized spacial score (nSPS) is 25.1. The monoisotopic (exact) mass is 404 g/mol. The lowest BCUT2D eigenvalue weighted by atomic mass is 9.94. The van der Waals surface area contributed by atoms with E-state index in [4.69, 9.17) is 4.74 Å². The first-order valence-electron chi connectivity index (χ1n) is 11.2. The lowest BCUT2D eigenvalue weighted by molar-refractivity contribution is 0.0539. The van der Waals surface area contributed by atoms with Crippen LogP contribution in [-0.4, -0.2) is 71.0 Å². The molecule has 0 radical (unpaired) electrons. The van der Waals surface area contributed by atoms with E-state index < -0.39 is 0 Å². The molecule has 3 aliphatic rings. The van der Waals surface area contributed by atoms with Crippen molar-refractivity contribution in [3.63, 3.8) is 0 Å². The third-order valence-electron chi connectivity index (χ3n) is 6.76. The third-order valence-corrected chi connectivity index (χ3v) is 7.34. The van der Waals surface area contributed by atoms with E-state index in [1.54, 1.807) is 11.8 Å². The first-order valence-corrected chi connectivity index (χ1v) is 12.5. The van der Waals surface area contributed by atoms with Crippen LogP contribution in [0.3, 0.4) is 0 Å². The summed E-state index contributed by atoms with van der Waals surface area (Å²) in [5.41, 5.74) is 1.22. The van der Waals surface area contributed by atoms with Crippen molar-refractivity contribution in [2.24, 2.45) is 5.92 Å². The summed E-state index contributed by atoms with van der Waals surface area (Å²) in [6, 6.07) is 0.885. The molecule has 5 nitrogen and oxygen atoms in total.